The molecule has 1 aromatic heterocycles. The number of anilines is 1. The summed E-state index contributed by atoms with van der Waals surface area (Å²) in [4.78, 5) is 35.7. The number of rotatable bonds is 6. The number of benzene rings is 1. The van der Waals surface area contributed by atoms with Crippen LogP contribution in [0.25, 0.3) is 0 Å². The van der Waals surface area contributed by atoms with E-state index in [4.69, 9.17) is 16.3 Å². The molecule has 0 saturated carbocycles. The van der Waals surface area contributed by atoms with E-state index in [9.17, 15) is 14.4 Å². The van der Waals surface area contributed by atoms with Gasteiger partial charge in [0.15, 0.2) is 6.61 Å². The summed E-state index contributed by atoms with van der Waals surface area (Å²) in [5, 5.41) is 7.22. The van der Waals surface area contributed by atoms with Crippen LogP contribution in [0.4, 0.5) is 5.69 Å². The molecule has 0 aliphatic rings. The highest BCUT2D eigenvalue weighted by atomic mass is 35.5. The Morgan fingerprint density at radius 3 is 2.64 bits per heavy atom. The Morgan fingerprint density at radius 2 is 2.00 bits per heavy atom. The van der Waals surface area contributed by atoms with E-state index in [1.165, 1.54) is 11.3 Å². The molecule has 1 aromatic carbocycles. The second-order valence-corrected chi connectivity index (χ2v) is 6.66. The van der Waals surface area contributed by atoms with Gasteiger partial charge in [-0.1, -0.05) is 23.7 Å². The Morgan fingerprint density at radius 1 is 1.24 bits per heavy atom. The van der Waals surface area contributed by atoms with Gasteiger partial charge in [-0.15, -0.1) is 11.3 Å². The molecule has 0 spiro atoms. The minimum absolute atomic E-state index is 0.311. The third kappa shape index (κ3) is 5.58. The minimum atomic E-state index is -0.702. The second kappa shape index (κ2) is 8.64. The molecule has 2 rings (SSSR count). The van der Waals surface area contributed by atoms with Crippen molar-refractivity contribution in [2.75, 3.05) is 18.5 Å². The van der Waals surface area contributed by atoms with Gasteiger partial charge < -0.3 is 15.4 Å². The number of hydrogen-bond donors (Lipinski definition) is 2. The van der Waals surface area contributed by atoms with E-state index in [1.807, 2.05) is 19.9 Å². The fourth-order valence-corrected chi connectivity index (χ4v) is 3.10. The number of esters is 1. The molecule has 8 heteroatoms. The van der Waals surface area contributed by atoms with Crippen LogP contribution in [-0.2, 0) is 14.3 Å². The summed E-state index contributed by atoms with van der Waals surface area (Å²) in [7, 11) is 0. The number of amides is 2. The molecule has 2 amide bonds. The fraction of sp³-hybridized carbons (Fsp3) is 0.235. The lowest BCUT2D eigenvalue weighted by Crippen LogP contribution is -2.31. The lowest BCUT2D eigenvalue weighted by molar-refractivity contribution is -0.146. The average Bonchev–Trinajstić information content (AvgIpc) is 3.08. The number of hydrogen-bond acceptors (Lipinski definition) is 5. The summed E-state index contributed by atoms with van der Waals surface area (Å²) in [6.07, 6.45) is 0. The SMILES string of the molecule is Cc1cc(C)c(NC(=O)COC(=O)CNC(=O)c2cccs2)c(Cl)c1. The van der Waals surface area contributed by atoms with E-state index >= 15 is 0 Å². The highest BCUT2D eigenvalue weighted by Crippen LogP contribution is 2.27. The lowest BCUT2D eigenvalue weighted by atomic mass is 10.1. The summed E-state index contributed by atoms with van der Waals surface area (Å²) >= 11 is 7.37. The van der Waals surface area contributed by atoms with Crippen molar-refractivity contribution in [3.63, 3.8) is 0 Å². The average molecular weight is 381 g/mol. The Hall–Kier alpha value is -2.38. The van der Waals surface area contributed by atoms with Crippen LogP contribution in [0.1, 0.15) is 20.8 Å². The maximum atomic E-state index is 11.9. The van der Waals surface area contributed by atoms with Gasteiger partial charge >= 0.3 is 5.97 Å². The first kappa shape index (κ1) is 19.0. The summed E-state index contributed by atoms with van der Waals surface area (Å²) in [5.41, 5.74) is 2.28. The summed E-state index contributed by atoms with van der Waals surface area (Å²) in [5.74, 6) is -1.57. The van der Waals surface area contributed by atoms with Crippen LogP contribution in [0.3, 0.4) is 0 Å². The molecule has 6 nitrogen and oxygen atoms in total. The van der Waals surface area contributed by atoms with Gasteiger partial charge in [-0.2, -0.15) is 0 Å². The number of carbonyl (C=O) groups is 3. The molecule has 1 heterocycles. The zero-order valence-corrected chi connectivity index (χ0v) is 15.3. The van der Waals surface area contributed by atoms with Crippen molar-refractivity contribution in [3.05, 3.63) is 50.7 Å². The Kier molecular flexibility index (Phi) is 6.55. The molecular formula is C17H17ClN2O4S. The molecular weight excluding hydrogens is 364 g/mol. The summed E-state index contributed by atoms with van der Waals surface area (Å²) in [6.45, 7) is 2.95. The first-order chi connectivity index (χ1) is 11.9. The van der Waals surface area contributed by atoms with Gasteiger partial charge in [0.25, 0.3) is 11.8 Å². The van der Waals surface area contributed by atoms with Gasteiger partial charge in [-0.25, -0.2) is 0 Å². The third-order valence-electron chi connectivity index (χ3n) is 3.20. The van der Waals surface area contributed by atoms with Crippen molar-refractivity contribution >= 4 is 46.4 Å². The van der Waals surface area contributed by atoms with Crippen molar-refractivity contribution in [3.8, 4) is 0 Å². The maximum Gasteiger partial charge on any atom is 0.325 e. The number of nitrogens with one attached hydrogen (secondary N) is 2. The second-order valence-electron chi connectivity index (χ2n) is 5.31. The lowest BCUT2D eigenvalue weighted by Gasteiger charge is -2.12. The van der Waals surface area contributed by atoms with E-state index in [2.05, 4.69) is 10.6 Å². The van der Waals surface area contributed by atoms with Gasteiger partial charge in [-0.3, -0.25) is 14.4 Å². The van der Waals surface area contributed by atoms with E-state index < -0.39 is 18.5 Å². The molecule has 0 aliphatic heterocycles. The van der Waals surface area contributed by atoms with Crippen molar-refractivity contribution in [1.29, 1.82) is 0 Å². The van der Waals surface area contributed by atoms with Crippen molar-refractivity contribution in [2.24, 2.45) is 0 Å². The van der Waals surface area contributed by atoms with E-state index in [0.717, 1.165) is 11.1 Å². The number of halogens is 1. The predicted molar refractivity (Wildman–Crippen MR) is 97.2 cm³/mol. The van der Waals surface area contributed by atoms with Crippen molar-refractivity contribution < 1.29 is 19.1 Å². The van der Waals surface area contributed by atoms with Gasteiger partial charge in [0.2, 0.25) is 0 Å². The van der Waals surface area contributed by atoms with E-state index in [0.29, 0.717) is 15.6 Å². The van der Waals surface area contributed by atoms with Crippen LogP contribution in [0.5, 0.6) is 0 Å². The van der Waals surface area contributed by atoms with Crippen LogP contribution < -0.4 is 10.6 Å². The predicted octanol–water partition coefficient (Wildman–Crippen LogP) is 2.93. The Bertz CT molecular complexity index is 767. The summed E-state index contributed by atoms with van der Waals surface area (Å²) in [6, 6.07) is 7.00. The third-order valence-corrected chi connectivity index (χ3v) is 4.37. The zero-order chi connectivity index (χ0) is 18.4. The maximum absolute atomic E-state index is 11.9. The molecule has 0 aliphatic carbocycles. The molecule has 0 atom stereocenters. The number of thiophene rings is 1. The van der Waals surface area contributed by atoms with Crippen LogP contribution >= 0.6 is 22.9 Å². The molecule has 0 fully saturated rings. The highest BCUT2D eigenvalue weighted by Gasteiger charge is 2.13. The molecule has 0 radical (unpaired) electrons. The van der Waals surface area contributed by atoms with E-state index in [1.54, 1.807) is 23.6 Å². The van der Waals surface area contributed by atoms with Crippen LogP contribution in [0, 0.1) is 13.8 Å². The minimum Gasteiger partial charge on any atom is -0.454 e. The van der Waals surface area contributed by atoms with Crippen LogP contribution in [-0.4, -0.2) is 30.9 Å². The van der Waals surface area contributed by atoms with Crippen molar-refractivity contribution in [1.82, 2.24) is 5.32 Å². The van der Waals surface area contributed by atoms with Crippen LogP contribution in [0.15, 0.2) is 29.6 Å². The zero-order valence-electron chi connectivity index (χ0n) is 13.7. The normalized spacial score (nSPS) is 10.2. The Labute approximate surface area is 154 Å². The highest BCUT2D eigenvalue weighted by molar-refractivity contribution is 7.12. The quantitative estimate of drug-likeness (QED) is 0.754. The van der Waals surface area contributed by atoms with Gasteiger partial charge in [0.1, 0.15) is 6.54 Å². The van der Waals surface area contributed by atoms with Crippen LogP contribution in [0.2, 0.25) is 5.02 Å². The standard InChI is InChI=1S/C17H17ClN2O4S/c1-10-6-11(2)16(12(18)7-10)20-14(21)9-24-15(22)8-19-17(23)13-4-3-5-25-13/h3-7H,8-9H2,1-2H3,(H,19,23)(H,20,21). The Balaban J connectivity index is 1.78. The molecule has 2 aromatic rings. The number of carbonyl (C=O) groups excluding carboxylic acids is 3. The smallest absolute Gasteiger partial charge is 0.325 e. The summed E-state index contributed by atoms with van der Waals surface area (Å²) < 4.78 is 4.84. The first-order valence-corrected chi connectivity index (χ1v) is 8.66. The monoisotopic (exact) mass is 380 g/mol. The largest absolute Gasteiger partial charge is 0.454 e. The van der Waals surface area contributed by atoms with Crippen molar-refractivity contribution in [2.45, 2.75) is 13.8 Å². The van der Waals surface area contributed by atoms with Gasteiger partial charge in [-0.05, 0) is 42.5 Å². The fourth-order valence-electron chi connectivity index (χ4n) is 2.09. The molecule has 0 unspecified atom stereocenters. The molecule has 2 N–H and O–H groups in total. The molecule has 132 valence electrons. The van der Waals surface area contributed by atoms with Gasteiger partial charge in [0.05, 0.1) is 15.6 Å². The first-order valence-electron chi connectivity index (χ1n) is 7.40. The molecule has 25 heavy (non-hydrogen) atoms. The topological polar surface area (TPSA) is 84.5 Å². The molecule has 0 saturated heterocycles. The number of ether oxygens (including phenoxy) is 1. The molecule has 0 bridgehead atoms. The van der Waals surface area contributed by atoms with Gasteiger partial charge in [0, 0.05) is 0 Å². The number of aryl methyl sites for hydroxylation is 2. The van der Waals surface area contributed by atoms with E-state index in [-0.39, 0.29) is 12.5 Å².